The van der Waals surface area contributed by atoms with Crippen LogP contribution >= 0.6 is 23.2 Å². The summed E-state index contributed by atoms with van der Waals surface area (Å²) in [7, 11) is 0. The molecule has 0 aromatic heterocycles. The lowest BCUT2D eigenvalue weighted by Gasteiger charge is -2.21. The van der Waals surface area contributed by atoms with Crippen molar-refractivity contribution in [3.63, 3.8) is 0 Å². The van der Waals surface area contributed by atoms with E-state index in [0.29, 0.717) is 10.6 Å². The smallest absolute Gasteiger partial charge is 0.143 e. The maximum absolute atomic E-state index is 13.1. The molecule has 2 N–H and O–H groups in total. The zero-order valence-electron chi connectivity index (χ0n) is 7.37. The molecule has 0 aliphatic carbocycles. The molecular weight excluding hydrogens is 212 g/mol. The third kappa shape index (κ3) is 2.33. The molecule has 0 heterocycles. The van der Waals surface area contributed by atoms with Crippen molar-refractivity contribution in [3.05, 3.63) is 33.6 Å². The maximum Gasteiger partial charge on any atom is 0.143 e. The highest BCUT2D eigenvalue weighted by Gasteiger charge is 2.20. The lowest BCUT2D eigenvalue weighted by atomic mass is 9.95. The summed E-state index contributed by atoms with van der Waals surface area (Å²) in [4.78, 5) is 0. The first-order valence-electron chi connectivity index (χ1n) is 3.76. The highest BCUT2D eigenvalue weighted by molar-refractivity contribution is 6.33. The SMILES string of the molecule is CC(C)(N)c1cc(Cl)cc(F)c1Cl. The van der Waals surface area contributed by atoms with E-state index in [4.69, 9.17) is 28.9 Å². The van der Waals surface area contributed by atoms with Crippen LogP contribution in [0, 0.1) is 5.82 Å². The molecule has 1 aromatic rings. The van der Waals surface area contributed by atoms with Crippen molar-refractivity contribution in [1.29, 1.82) is 0 Å². The van der Waals surface area contributed by atoms with Gasteiger partial charge >= 0.3 is 0 Å². The van der Waals surface area contributed by atoms with Crippen molar-refractivity contribution in [3.8, 4) is 0 Å². The summed E-state index contributed by atoms with van der Waals surface area (Å²) in [5, 5.41) is 0.340. The van der Waals surface area contributed by atoms with Gasteiger partial charge in [-0.3, -0.25) is 0 Å². The van der Waals surface area contributed by atoms with E-state index in [2.05, 4.69) is 0 Å². The molecule has 4 heteroatoms. The highest BCUT2D eigenvalue weighted by atomic mass is 35.5. The quantitative estimate of drug-likeness (QED) is 0.724. The molecule has 0 aliphatic rings. The van der Waals surface area contributed by atoms with Crippen molar-refractivity contribution in [2.45, 2.75) is 19.4 Å². The number of halogens is 3. The van der Waals surface area contributed by atoms with Gasteiger partial charge in [-0.25, -0.2) is 4.39 Å². The molecule has 0 bridgehead atoms. The Labute approximate surface area is 86.6 Å². The lowest BCUT2D eigenvalue weighted by molar-refractivity contribution is 0.544. The van der Waals surface area contributed by atoms with Gasteiger partial charge in [0.2, 0.25) is 0 Å². The minimum atomic E-state index is -0.692. The van der Waals surface area contributed by atoms with Gasteiger partial charge in [-0.15, -0.1) is 0 Å². The second-order valence-corrected chi connectivity index (χ2v) is 4.29. The fourth-order valence-electron chi connectivity index (χ4n) is 1.02. The van der Waals surface area contributed by atoms with Gasteiger partial charge in [-0.1, -0.05) is 23.2 Å². The van der Waals surface area contributed by atoms with Gasteiger partial charge in [0.1, 0.15) is 5.82 Å². The number of rotatable bonds is 1. The molecule has 72 valence electrons. The Balaban J connectivity index is 3.37. The summed E-state index contributed by atoms with van der Waals surface area (Å²) in [6.45, 7) is 3.48. The van der Waals surface area contributed by atoms with Crippen LogP contribution in [-0.4, -0.2) is 0 Å². The summed E-state index contributed by atoms with van der Waals surface area (Å²) in [6.07, 6.45) is 0. The van der Waals surface area contributed by atoms with E-state index in [-0.39, 0.29) is 5.02 Å². The van der Waals surface area contributed by atoms with Gasteiger partial charge in [0.25, 0.3) is 0 Å². The molecule has 1 nitrogen and oxygen atoms in total. The standard InChI is InChI=1S/C9H10Cl2FN/c1-9(2,13)6-3-5(10)4-7(12)8(6)11/h3-4H,13H2,1-2H3. The van der Waals surface area contributed by atoms with Crippen LogP contribution in [-0.2, 0) is 5.54 Å². The monoisotopic (exact) mass is 221 g/mol. The molecule has 0 fully saturated rings. The number of benzene rings is 1. The Bertz CT molecular complexity index is 331. The average molecular weight is 222 g/mol. The minimum absolute atomic E-state index is 0.0388. The van der Waals surface area contributed by atoms with Crippen molar-refractivity contribution >= 4 is 23.2 Å². The molecule has 13 heavy (non-hydrogen) atoms. The Morgan fingerprint density at radius 1 is 1.31 bits per heavy atom. The third-order valence-electron chi connectivity index (χ3n) is 1.69. The summed E-state index contributed by atoms with van der Waals surface area (Å²) in [5.41, 5.74) is 5.61. The van der Waals surface area contributed by atoms with E-state index >= 15 is 0 Å². The van der Waals surface area contributed by atoms with Crippen molar-refractivity contribution in [2.24, 2.45) is 5.73 Å². The highest BCUT2D eigenvalue weighted by Crippen LogP contribution is 2.30. The molecule has 0 atom stereocenters. The predicted molar refractivity (Wildman–Crippen MR) is 53.6 cm³/mol. The number of hydrogen-bond acceptors (Lipinski definition) is 1. The van der Waals surface area contributed by atoms with Crippen LogP contribution in [0.15, 0.2) is 12.1 Å². The number of hydrogen-bond donors (Lipinski definition) is 1. The predicted octanol–water partition coefficient (Wildman–Crippen LogP) is 3.33. The summed E-state index contributed by atoms with van der Waals surface area (Å²) < 4.78 is 13.1. The van der Waals surface area contributed by atoms with Gasteiger partial charge in [0.05, 0.1) is 5.02 Å². The first-order chi connectivity index (χ1) is 5.82. The molecule has 0 saturated heterocycles. The minimum Gasteiger partial charge on any atom is -0.322 e. The van der Waals surface area contributed by atoms with Crippen molar-refractivity contribution < 1.29 is 4.39 Å². The van der Waals surface area contributed by atoms with Crippen LogP contribution in [0.5, 0.6) is 0 Å². The van der Waals surface area contributed by atoms with Crippen molar-refractivity contribution in [1.82, 2.24) is 0 Å². The lowest BCUT2D eigenvalue weighted by Crippen LogP contribution is -2.29. The maximum atomic E-state index is 13.1. The molecule has 0 aliphatic heterocycles. The van der Waals surface area contributed by atoms with Crippen LogP contribution < -0.4 is 5.73 Å². The van der Waals surface area contributed by atoms with Gasteiger partial charge in [0, 0.05) is 10.6 Å². The molecule has 0 amide bonds. The van der Waals surface area contributed by atoms with Gasteiger partial charge < -0.3 is 5.73 Å². The van der Waals surface area contributed by atoms with Crippen LogP contribution in [0.1, 0.15) is 19.4 Å². The summed E-state index contributed by atoms with van der Waals surface area (Å²) in [5.74, 6) is -0.539. The molecule has 0 spiro atoms. The Kier molecular flexibility index (Phi) is 2.85. The third-order valence-corrected chi connectivity index (χ3v) is 2.29. The largest absolute Gasteiger partial charge is 0.322 e. The Morgan fingerprint density at radius 3 is 2.31 bits per heavy atom. The van der Waals surface area contributed by atoms with E-state index in [1.165, 1.54) is 6.07 Å². The van der Waals surface area contributed by atoms with E-state index in [1.807, 2.05) is 0 Å². The Morgan fingerprint density at radius 2 is 1.85 bits per heavy atom. The first-order valence-corrected chi connectivity index (χ1v) is 4.52. The fourth-order valence-corrected chi connectivity index (χ4v) is 1.58. The van der Waals surface area contributed by atoms with E-state index in [0.717, 1.165) is 0 Å². The Hall–Kier alpha value is -0.310. The summed E-state index contributed by atoms with van der Waals surface area (Å²) >= 11 is 11.4. The average Bonchev–Trinajstić information content (AvgIpc) is 1.94. The number of nitrogens with two attached hydrogens (primary N) is 1. The van der Waals surface area contributed by atoms with Gasteiger partial charge in [-0.05, 0) is 31.5 Å². The zero-order valence-corrected chi connectivity index (χ0v) is 8.88. The van der Waals surface area contributed by atoms with E-state index < -0.39 is 11.4 Å². The van der Waals surface area contributed by atoms with Crippen LogP contribution in [0.3, 0.4) is 0 Å². The van der Waals surface area contributed by atoms with Crippen LogP contribution in [0.4, 0.5) is 4.39 Å². The fraction of sp³-hybridized carbons (Fsp3) is 0.333. The van der Waals surface area contributed by atoms with Crippen LogP contribution in [0.25, 0.3) is 0 Å². The molecule has 0 saturated carbocycles. The summed E-state index contributed by atoms with van der Waals surface area (Å²) in [6, 6.07) is 2.74. The molecule has 1 rings (SSSR count). The van der Waals surface area contributed by atoms with Gasteiger partial charge in [-0.2, -0.15) is 0 Å². The molecule has 1 aromatic carbocycles. The molecule has 0 radical (unpaired) electrons. The topological polar surface area (TPSA) is 26.0 Å². The van der Waals surface area contributed by atoms with E-state index in [9.17, 15) is 4.39 Å². The first kappa shape index (κ1) is 10.8. The van der Waals surface area contributed by atoms with Crippen LogP contribution in [0.2, 0.25) is 10.0 Å². The van der Waals surface area contributed by atoms with Crippen molar-refractivity contribution in [2.75, 3.05) is 0 Å². The van der Waals surface area contributed by atoms with E-state index in [1.54, 1.807) is 19.9 Å². The normalized spacial score (nSPS) is 11.8. The molecule has 0 unspecified atom stereocenters. The molecular formula is C9H10Cl2FN. The van der Waals surface area contributed by atoms with Gasteiger partial charge in [0.15, 0.2) is 0 Å². The zero-order chi connectivity index (χ0) is 10.2. The second-order valence-electron chi connectivity index (χ2n) is 3.47. The second kappa shape index (κ2) is 3.45.